The van der Waals surface area contributed by atoms with Crippen LogP contribution in [0.1, 0.15) is 42.0 Å². The summed E-state index contributed by atoms with van der Waals surface area (Å²) in [4.78, 5) is 14.5. The van der Waals surface area contributed by atoms with Crippen molar-refractivity contribution in [3.8, 4) is 0 Å². The summed E-state index contributed by atoms with van der Waals surface area (Å²) in [6.45, 7) is 4.45. The minimum atomic E-state index is -0.143. The Morgan fingerprint density at radius 1 is 1.26 bits per heavy atom. The van der Waals surface area contributed by atoms with Crippen LogP contribution in [0.15, 0.2) is 35.0 Å². The number of rotatable bonds is 7. The molecule has 6 heteroatoms. The number of nitrogens with one attached hydrogen (secondary N) is 1. The summed E-state index contributed by atoms with van der Waals surface area (Å²) in [7, 11) is 0. The van der Waals surface area contributed by atoms with Crippen molar-refractivity contribution in [3.63, 3.8) is 0 Å². The second kappa shape index (κ2) is 7.97. The Hall–Kier alpha value is -2.08. The van der Waals surface area contributed by atoms with E-state index in [9.17, 15) is 4.79 Å². The van der Waals surface area contributed by atoms with E-state index in [1.54, 1.807) is 12.3 Å². The molecule has 0 atom stereocenters. The second-order valence-electron chi connectivity index (χ2n) is 5.98. The van der Waals surface area contributed by atoms with Gasteiger partial charge in [-0.15, -0.1) is 0 Å². The fourth-order valence-corrected chi connectivity index (χ4v) is 2.89. The first-order valence-electron chi connectivity index (χ1n) is 8.38. The molecule has 1 N–H and O–H groups in total. The van der Waals surface area contributed by atoms with Crippen molar-refractivity contribution in [2.75, 3.05) is 19.6 Å². The monoisotopic (exact) mass is 316 g/mol. The molecule has 0 unspecified atom stereocenters. The fraction of sp³-hybridized carbons (Fsp3) is 0.529. The number of aromatic nitrogens is 2. The van der Waals surface area contributed by atoms with Crippen molar-refractivity contribution in [2.24, 2.45) is 0 Å². The Balaban J connectivity index is 1.40. The summed E-state index contributed by atoms with van der Waals surface area (Å²) in [5.74, 6) is 1.13. The maximum absolute atomic E-state index is 12.1. The molecule has 3 rings (SSSR count). The highest BCUT2D eigenvalue weighted by Crippen LogP contribution is 2.15. The number of amides is 1. The van der Waals surface area contributed by atoms with Crippen LogP contribution in [0, 0.1) is 0 Å². The van der Waals surface area contributed by atoms with Gasteiger partial charge in [0, 0.05) is 25.5 Å². The molecule has 3 heterocycles. The Morgan fingerprint density at radius 2 is 2.13 bits per heavy atom. The molecule has 1 aliphatic heterocycles. The van der Waals surface area contributed by atoms with Gasteiger partial charge in [0.2, 0.25) is 0 Å². The molecule has 0 radical (unpaired) electrons. The summed E-state index contributed by atoms with van der Waals surface area (Å²) < 4.78 is 7.54. The van der Waals surface area contributed by atoms with E-state index in [-0.39, 0.29) is 5.91 Å². The van der Waals surface area contributed by atoms with Gasteiger partial charge in [-0.3, -0.25) is 14.4 Å². The topological polar surface area (TPSA) is 63.3 Å². The zero-order valence-electron chi connectivity index (χ0n) is 13.4. The maximum atomic E-state index is 12.1. The number of carbonyl (C=O) groups excluding carboxylic acids is 1. The minimum Gasteiger partial charge on any atom is -0.455 e. The fourth-order valence-electron chi connectivity index (χ4n) is 2.89. The molecule has 2 aromatic rings. The lowest BCUT2D eigenvalue weighted by Crippen LogP contribution is -2.29. The highest BCUT2D eigenvalue weighted by molar-refractivity contribution is 5.91. The van der Waals surface area contributed by atoms with Crippen molar-refractivity contribution in [3.05, 3.63) is 42.1 Å². The van der Waals surface area contributed by atoms with Crippen molar-refractivity contribution < 1.29 is 9.21 Å². The molecule has 1 fully saturated rings. The van der Waals surface area contributed by atoms with Crippen LogP contribution in [0.3, 0.4) is 0 Å². The number of carbonyl (C=O) groups is 1. The van der Waals surface area contributed by atoms with Gasteiger partial charge in [-0.05, 0) is 50.6 Å². The summed E-state index contributed by atoms with van der Waals surface area (Å²) >= 11 is 0. The van der Waals surface area contributed by atoms with Gasteiger partial charge >= 0.3 is 0 Å². The number of hydrogen-bond donors (Lipinski definition) is 1. The summed E-state index contributed by atoms with van der Waals surface area (Å²) in [6, 6.07) is 5.57. The number of piperidine rings is 1. The number of hydrogen-bond acceptors (Lipinski definition) is 4. The standard InChI is InChI=1S/C17H24N4O2/c22-17(18-8-4-12-21-13-5-9-19-21)16-7-6-15(23-16)14-20-10-2-1-3-11-20/h5-7,9,13H,1-4,8,10-12,14H2,(H,18,22). The van der Waals surface area contributed by atoms with Crippen molar-refractivity contribution >= 4 is 5.91 Å². The highest BCUT2D eigenvalue weighted by atomic mass is 16.4. The molecule has 0 spiro atoms. The first kappa shape index (κ1) is 15.8. The SMILES string of the molecule is O=C(NCCCn1cccn1)c1ccc(CN2CCCCC2)o1. The van der Waals surface area contributed by atoms with Crippen LogP contribution in [-0.4, -0.2) is 40.2 Å². The zero-order chi connectivity index (χ0) is 15.9. The van der Waals surface area contributed by atoms with Gasteiger partial charge in [0.15, 0.2) is 5.76 Å². The van der Waals surface area contributed by atoms with E-state index in [2.05, 4.69) is 15.3 Å². The Kier molecular flexibility index (Phi) is 5.47. The molecule has 6 nitrogen and oxygen atoms in total. The van der Waals surface area contributed by atoms with Crippen LogP contribution in [0.25, 0.3) is 0 Å². The van der Waals surface area contributed by atoms with Crippen LogP contribution >= 0.6 is 0 Å². The quantitative estimate of drug-likeness (QED) is 0.796. The number of likely N-dealkylation sites (tertiary alicyclic amines) is 1. The Bertz CT molecular complexity index is 600. The van der Waals surface area contributed by atoms with Crippen LogP contribution < -0.4 is 5.32 Å². The first-order valence-corrected chi connectivity index (χ1v) is 8.38. The van der Waals surface area contributed by atoms with Crippen LogP contribution in [-0.2, 0) is 13.1 Å². The van der Waals surface area contributed by atoms with Gasteiger partial charge in [0.05, 0.1) is 6.54 Å². The molecule has 124 valence electrons. The van der Waals surface area contributed by atoms with Gasteiger partial charge in [-0.1, -0.05) is 6.42 Å². The van der Waals surface area contributed by atoms with Crippen LogP contribution in [0.5, 0.6) is 0 Å². The largest absolute Gasteiger partial charge is 0.455 e. The smallest absolute Gasteiger partial charge is 0.286 e. The molecule has 1 amide bonds. The average molecular weight is 316 g/mol. The van der Waals surface area contributed by atoms with Gasteiger partial charge in [0.25, 0.3) is 5.91 Å². The lowest BCUT2D eigenvalue weighted by Gasteiger charge is -2.25. The third kappa shape index (κ3) is 4.69. The molecule has 1 saturated heterocycles. The van der Waals surface area contributed by atoms with E-state index in [1.807, 2.05) is 23.0 Å². The highest BCUT2D eigenvalue weighted by Gasteiger charge is 2.15. The van der Waals surface area contributed by atoms with Gasteiger partial charge in [-0.25, -0.2) is 0 Å². The molecule has 0 bridgehead atoms. The van der Waals surface area contributed by atoms with Gasteiger partial charge in [-0.2, -0.15) is 5.10 Å². The Morgan fingerprint density at radius 3 is 2.91 bits per heavy atom. The third-order valence-corrected chi connectivity index (χ3v) is 4.12. The lowest BCUT2D eigenvalue weighted by atomic mass is 10.1. The van der Waals surface area contributed by atoms with Crippen LogP contribution in [0.4, 0.5) is 0 Å². The predicted molar refractivity (Wildman–Crippen MR) is 87.0 cm³/mol. The maximum Gasteiger partial charge on any atom is 0.286 e. The van der Waals surface area contributed by atoms with Gasteiger partial charge < -0.3 is 9.73 Å². The second-order valence-corrected chi connectivity index (χ2v) is 5.98. The van der Waals surface area contributed by atoms with Gasteiger partial charge in [0.1, 0.15) is 5.76 Å². The van der Waals surface area contributed by atoms with E-state index in [0.717, 1.165) is 38.4 Å². The summed E-state index contributed by atoms with van der Waals surface area (Å²) in [6.07, 6.45) is 8.34. The molecule has 2 aromatic heterocycles. The molecular weight excluding hydrogens is 292 g/mol. The third-order valence-electron chi connectivity index (χ3n) is 4.12. The van der Waals surface area contributed by atoms with Crippen LogP contribution in [0.2, 0.25) is 0 Å². The summed E-state index contributed by atoms with van der Waals surface area (Å²) in [5.41, 5.74) is 0. The zero-order valence-corrected chi connectivity index (χ0v) is 13.4. The molecule has 0 saturated carbocycles. The number of nitrogens with zero attached hydrogens (tertiary/aromatic N) is 3. The molecule has 0 aromatic carbocycles. The normalized spacial score (nSPS) is 15.7. The van der Waals surface area contributed by atoms with Crippen molar-refractivity contribution in [1.29, 1.82) is 0 Å². The first-order chi connectivity index (χ1) is 11.3. The average Bonchev–Trinajstić information content (AvgIpc) is 3.24. The number of aryl methyl sites for hydroxylation is 1. The van der Waals surface area contributed by atoms with E-state index in [0.29, 0.717) is 12.3 Å². The van der Waals surface area contributed by atoms with Crippen molar-refractivity contribution in [2.45, 2.75) is 38.8 Å². The minimum absolute atomic E-state index is 0.143. The molecular formula is C17H24N4O2. The molecule has 23 heavy (non-hydrogen) atoms. The van der Waals surface area contributed by atoms with E-state index in [1.165, 1.54) is 19.3 Å². The predicted octanol–water partition coefficient (Wildman–Crippen LogP) is 2.28. The summed E-state index contributed by atoms with van der Waals surface area (Å²) in [5, 5.41) is 7.02. The van der Waals surface area contributed by atoms with E-state index in [4.69, 9.17) is 4.42 Å². The van der Waals surface area contributed by atoms with E-state index >= 15 is 0 Å². The molecule has 0 aliphatic carbocycles. The number of furan rings is 1. The lowest BCUT2D eigenvalue weighted by molar-refractivity contribution is 0.0920. The van der Waals surface area contributed by atoms with E-state index < -0.39 is 0 Å². The van der Waals surface area contributed by atoms with Crippen molar-refractivity contribution in [1.82, 2.24) is 20.0 Å². The Labute approximate surface area is 136 Å². The molecule has 1 aliphatic rings.